The van der Waals surface area contributed by atoms with Crippen molar-refractivity contribution in [3.05, 3.63) is 63.0 Å². The molecule has 0 spiro atoms. The summed E-state index contributed by atoms with van der Waals surface area (Å²) in [5.74, 6) is -0.0103. The fourth-order valence-corrected chi connectivity index (χ4v) is 3.79. The van der Waals surface area contributed by atoms with Gasteiger partial charge in [-0.05, 0) is 64.0 Å². The van der Waals surface area contributed by atoms with Crippen molar-refractivity contribution in [3.63, 3.8) is 0 Å². The summed E-state index contributed by atoms with van der Waals surface area (Å²) < 4.78 is 5.85. The SMILES string of the molecule is CCOc1cc(/C=C2/SC(=O)N(Cc3ccccc3)C2=O)cc(Br)c1O. The molecule has 0 bridgehead atoms. The van der Waals surface area contributed by atoms with Gasteiger partial charge in [-0.2, -0.15) is 0 Å². The van der Waals surface area contributed by atoms with E-state index in [0.29, 0.717) is 27.3 Å². The second-order valence-electron chi connectivity index (χ2n) is 5.54. The van der Waals surface area contributed by atoms with Gasteiger partial charge in [0.1, 0.15) is 0 Å². The number of phenolic OH excluding ortho intramolecular Hbond substituents is 1. The van der Waals surface area contributed by atoms with Crippen LogP contribution < -0.4 is 4.74 Å². The van der Waals surface area contributed by atoms with Crippen LogP contribution in [0.3, 0.4) is 0 Å². The highest BCUT2D eigenvalue weighted by Gasteiger charge is 2.35. The third-order valence-corrected chi connectivity index (χ3v) is 5.22. The van der Waals surface area contributed by atoms with Crippen LogP contribution >= 0.6 is 27.7 Å². The van der Waals surface area contributed by atoms with Crippen LogP contribution in [0.25, 0.3) is 6.08 Å². The first-order chi connectivity index (χ1) is 12.5. The average Bonchev–Trinajstić information content (AvgIpc) is 2.88. The van der Waals surface area contributed by atoms with E-state index in [1.165, 1.54) is 4.90 Å². The van der Waals surface area contributed by atoms with Crippen LogP contribution in [0.4, 0.5) is 4.79 Å². The fraction of sp³-hybridized carbons (Fsp3) is 0.158. The van der Waals surface area contributed by atoms with Gasteiger partial charge in [-0.15, -0.1) is 0 Å². The second kappa shape index (κ2) is 7.97. The second-order valence-corrected chi connectivity index (χ2v) is 7.38. The van der Waals surface area contributed by atoms with Crippen LogP contribution in [0.1, 0.15) is 18.1 Å². The first-order valence-corrected chi connectivity index (χ1v) is 9.55. The Labute approximate surface area is 163 Å². The van der Waals surface area contributed by atoms with Crippen molar-refractivity contribution in [3.8, 4) is 11.5 Å². The van der Waals surface area contributed by atoms with Crippen molar-refractivity contribution in [2.75, 3.05) is 6.61 Å². The van der Waals surface area contributed by atoms with E-state index in [9.17, 15) is 14.7 Å². The molecule has 0 atom stereocenters. The fourth-order valence-electron chi connectivity index (χ4n) is 2.50. The Bertz CT molecular complexity index is 883. The molecule has 2 aromatic carbocycles. The summed E-state index contributed by atoms with van der Waals surface area (Å²) in [6, 6.07) is 12.7. The molecule has 5 nitrogen and oxygen atoms in total. The molecule has 2 aromatic rings. The lowest BCUT2D eigenvalue weighted by Crippen LogP contribution is -2.27. The maximum absolute atomic E-state index is 12.6. The van der Waals surface area contributed by atoms with Gasteiger partial charge in [-0.25, -0.2) is 0 Å². The van der Waals surface area contributed by atoms with E-state index >= 15 is 0 Å². The number of carbonyl (C=O) groups excluding carboxylic acids is 2. The number of halogens is 1. The zero-order valence-corrected chi connectivity index (χ0v) is 16.3. The Morgan fingerprint density at radius 1 is 1.23 bits per heavy atom. The van der Waals surface area contributed by atoms with Crippen molar-refractivity contribution in [1.82, 2.24) is 4.90 Å². The van der Waals surface area contributed by atoms with Gasteiger partial charge in [0, 0.05) is 0 Å². The molecular weight excluding hydrogens is 418 g/mol. The molecule has 0 aromatic heterocycles. The summed E-state index contributed by atoms with van der Waals surface area (Å²) in [6.45, 7) is 2.46. The van der Waals surface area contributed by atoms with Gasteiger partial charge < -0.3 is 9.84 Å². The Balaban J connectivity index is 1.86. The molecular formula is C19H16BrNO4S. The Hall–Kier alpha value is -2.25. The van der Waals surface area contributed by atoms with Crippen LogP contribution in [-0.4, -0.2) is 27.8 Å². The smallest absolute Gasteiger partial charge is 0.293 e. The highest BCUT2D eigenvalue weighted by molar-refractivity contribution is 9.10. The number of phenols is 1. The Morgan fingerprint density at radius 2 is 1.96 bits per heavy atom. The number of hydrogen-bond donors (Lipinski definition) is 1. The van der Waals surface area contributed by atoms with Crippen LogP contribution in [0.5, 0.6) is 11.5 Å². The molecule has 0 radical (unpaired) electrons. The summed E-state index contributed by atoms with van der Waals surface area (Å²) >= 11 is 4.18. The van der Waals surface area contributed by atoms with Gasteiger partial charge in [-0.3, -0.25) is 14.5 Å². The highest BCUT2D eigenvalue weighted by Crippen LogP contribution is 2.38. The van der Waals surface area contributed by atoms with Gasteiger partial charge in [0.2, 0.25) is 0 Å². The van der Waals surface area contributed by atoms with Crippen LogP contribution in [0.2, 0.25) is 0 Å². The van der Waals surface area contributed by atoms with Gasteiger partial charge in [0.15, 0.2) is 11.5 Å². The van der Waals surface area contributed by atoms with Gasteiger partial charge in [0.25, 0.3) is 11.1 Å². The molecule has 0 aliphatic carbocycles. The van der Waals surface area contributed by atoms with Gasteiger partial charge in [-0.1, -0.05) is 30.3 Å². The number of amides is 2. The van der Waals surface area contributed by atoms with Crippen LogP contribution in [0, 0.1) is 0 Å². The molecule has 134 valence electrons. The standard InChI is InChI=1S/C19H16BrNO4S/c1-2-25-15-9-13(8-14(20)17(15)22)10-16-18(23)21(19(24)26-16)11-12-6-4-3-5-7-12/h3-10,22H,2,11H2,1H3/b16-10+. The molecule has 1 fully saturated rings. The maximum atomic E-state index is 12.6. The Morgan fingerprint density at radius 3 is 2.65 bits per heavy atom. The van der Waals surface area contributed by atoms with Crippen molar-refractivity contribution >= 4 is 44.9 Å². The minimum Gasteiger partial charge on any atom is -0.503 e. The lowest BCUT2D eigenvalue weighted by atomic mass is 10.1. The van der Waals surface area contributed by atoms with E-state index in [4.69, 9.17) is 4.74 Å². The van der Waals surface area contributed by atoms with E-state index < -0.39 is 0 Å². The molecule has 1 aliphatic heterocycles. The quantitative estimate of drug-likeness (QED) is 0.686. The summed E-state index contributed by atoms with van der Waals surface area (Å²) in [5.41, 5.74) is 1.55. The van der Waals surface area contributed by atoms with E-state index in [0.717, 1.165) is 17.3 Å². The van der Waals surface area contributed by atoms with Crippen molar-refractivity contribution in [1.29, 1.82) is 0 Å². The third-order valence-electron chi connectivity index (χ3n) is 3.71. The molecule has 3 rings (SSSR count). The number of benzene rings is 2. The molecule has 1 aliphatic rings. The van der Waals surface area contributed by atoms with E-state index in [1.807, 2.05) is 37.3 Å². The largest absolute Gasteiger partial charge is 0.503 e. The summed E-state index contributed by atoms with van der Waals surface area (Å²) in [7, 11) is 0. The summed E-state index contributed by atoms with van der Waals surface area (Å²) in [6.07, 6.45) is 1.63. The molecule has 1 heterocycles. The maximum Gasteiger partial charge on any atom is 0.293 e. The molecule has 1 saturated heterocycles. The molecule has 0 saturated carbocycles. The minimum atomic E-state index is -0.328. The molecule has 0 unspecified atom stereocenters. The predicted octanol–water partition coefficient (Wildman–Crippen LogP) is 4.79. The predicted molar refractivity (Wildman–Crippen MR) is 105 cm³/mol. The number of nitrogens with zero attached hydrogens (tertiary/aromatic N) is 1. The normalized spacial score (nSPS) is 15.8. The zero-order chi connectivity index (χ0) is 18.7. The first kappa shape index (κ1) is 18.5. The number of thioether (sulfide) groups is 1. The van der Waals surface area contributed by atoms with Gasteiger partial charge in [0.05, 0.1) is 22.5 Å². The highest BCUT2D eigenvalue weighted by atomic mass is 79.9. The number of aromatic hydroxyl groups is 1. The lowest BCUT2D eigenvalue weighted by Gasteiger charge is -2.12. The molecule has 7 heteroatoms. The summed E-state index contributed by atoms with van der Waals surface area (Å²) in [4.78, 5) is 26.4. The minimum absolute atomic E-state index is 0.00109. The average molecular weight is 434 g/mol. The number of hydrogen-bond acceptors (Lipinski definition) is 5. The van der Waals surface area contributed by atoms with Crippen LogP contribution in [-0.2, 0) is 11.3 Å². The molecule has 1 N–H and O–H groups in total. The molecule has 26 heavy (non-hydrogen) atoms. The van der Waals surface area contributed by atoms with E-state index in [2.05, 4.69) is 15.9 Å². The zero-order valence-electron chi connectivity index (χ0n) is 13.9. The first-order valence-electron chi connectivity index (χ1n) is 7.94. The van der Waals surface area contributed by atoms with Crippen molar-refractivity contribution in [2.24, 2.45) is 0 Å². The third kappa shape index (κ3) is 3.94. The van der Waals surface area contributed by atoms with Crippen LogP contribution in [0.15, 0.2) is 51.8 Å². The number of ether oxygens (including phenoxy) is 1. The van der Waals surface area contributed by atoms with E-state index in [1.54, 1.807) is 18.2 Å². The monoisotopic (exact) mass is 433 g/mol. The lowest BCUT2D eigenvalue weighted by molar-refractivity contribution is -0.123. The van der Waals surface area contributed by atoms with Crippen molar-refractivity contribution < 1.29 is 19.4 Å². The number of carbonyl (C=O) groups is 2. The number of rotatable bonds is 5. The summed E-state index contributed by atoms with van der Waals surface area (Å²) in [5, 5.41) is 9.69. The van der Waals surface area contributed by atoms with Crippen molar-refractivity contribution in [2.45, 2.75) is 13.5 Å². The molecule has 2 amide bonds. The number of imide groups is 1. The Kier molecular flexibility index (Phi) is 5.68. The van der Waals surface area contributed by atoms with E-state index in [-0.39, 0.29) is 23.4 Å². The topological polar surface area (TPSA) is 66.8 Å². The van der Waals surface area contributed by atoms with Gasteiger partial charge >= 0.3 is 0 Å².